The number of rotatable bonds is 1. The highest BCUT2D eigenvalue weighted by Gasteiger charge is 2.47. The van der Waals surface area contributed by atoms with Gasteiger partial charge in [0.05, 0.1) is 0 Å². The van der Waals surface area contributed by atoms with Crippen molar-refractivity contribution in [3.63, 3.8) is 0 Å². The van der Waals surface area contributed by atoms with Gasteiger partial charge in [-0.05, 0) is 56.3 Å². The first kappa shape index (κ1) is 16.0. The molecular weight excluding hydrogens is 218 g/mol. The summed E-state index contributed by atoms with van der Waals surface area (Å²) in [6, 6.07) is 0.651. The van der Waals surface area contributed by atoms with Crippen molar-refractivity contribution < 1.29 is 0 Å². The van der Waals surface area contributed by atoms with Gasteiger partial charge < -0.3 is 5.32 Å². The van der Waals surface area contributed by atoms with Gasteiger partial charge in [0.25, 0.3) is 0 Å². The van der Waals surface area contributed by atoms with Crippen LogP contribution >= 0.6 is 0 Å². The highest BCUT2D eigenvalue weighted by atomic mass is 15.0. The van der Waals surface area contributed by atoms with Crippen LogP contribution in [0.3, 0.4) is 0 Å². The highest BCUT2D eigenvalue weighted by molar-refractivity contribution is 5.00. The summed E-state index contributed by atoms with van der Waals surface area (Å²) >= 11 is 0. The van der Waals surface area contributed by atoms with E-state index in [9.17, 15) is 0 Å². The minimum absolute atomic E-state index is 0.219. The smallest absolute Gasteiger partial charge is 0.00991 e. The zero-order valence-electron chi connectivity index (χ0n) is 14.2. The van der Waals surface area contributed by atoms with Gasteiger partial charge >= 0.3 is 0 Å². The molecule has 0 bridgehead atoms. The molecule has 0 aromatic heterocycles. The molecule has 1 N–H and O–H groups in total. The molecule has 1 nitrogen and oxygen atoms in total. The summed E-state index contributed by atoms with van der Waals surface area (Å²) in [5.41, 5.74) is 1.47. The molecule has 1 fully saturated rings. The molecule has 1 aliphatic carbocycles. The first-order valence-corrected chi connectivity index (χ1v) is 7.52. The van der Waals surface area contributed by atoms with E-state index in [1.165, 1.54) is 19.3 Å². The van der Waals surface area contributed by atoms with Gasteiger partial charge in [0, 0.05) is 11.6 Å². The molecule has 1 rings (SSSR count). The van der Waals surface area contributed by atoms with Crippen molar-refractivity contribution >= 4 is 0 Å². The van der Waals surface area contributed by atoms with Crippen LogP contribution in [0.25, 0.3) is 0 Å². The lowest BCUT2D eigenvalue weighted by molar-refractivity contribution is -0.0190. The van der Waals surface area contributed by atoms with Gasteiger partial charge in [-0.3, -0.25) is 0 Å². The van der Waals surface area contributed by atoms with E-state index in [0.29, 0.717) is 22.3 Å². The molecule has 2 atom stereocenters. The lowest BCUT2D eigenvalue weighted by Gasteiger charge is -2.54. The SMILES string of the molecule is CC1(C)CC(NC(C)(C)C)CC(C)(C(C)(C)C)C1. The second kappa shape index (κ2) is 4.51. The Kier molecular flexibility index (Phi) is 4.01. The first-order chi connectivity index (χ1) is 7.74. The quantitative estimate of drug-likeness (QED) is 0.693. The minimum atomic E-state index is 0.219. The van der Waals surface area contributed by atoms with E-state index in [0.717, 1.165) is 0 Å². The number of nitrogens with one attached hydrogen (secondary N) is 1. The van der Waals surface area contributed by atoms with Gasteiger partial charge in [-0.25, -0.2) is 0 Å². The van der Waals surface area contributed by atoms with E-state index in [4.69, 9.17) is 0 Å². The molecule has 1 aliphatic rings. The lowest BCUT2D eigenvalue weighted by Crippen LogP contribution is -2.53. The molecule has 0 spiro atoms. The third-order valence-electron chi connectivity index (χ3n) is 4.81. The summed E-state index contributed by atoms with van der Waals surface area (Å²) in [5, 5.41) is 3.84. The molecule has 0 aromatic carbocycles. The van der Waals surface area contributed by atoms with Crippen LogP contribution in [-0.2, 0) is 0 Å². The average molecular weight is 253 g/mol. The molecule has 2 unspecified atom stereocenters. The topological polar surface area (TPSA) is 12.0 Å². The Morgan fingerprint density at radius 3 is 1.78 bits per heavy atom. The monoisotopic (exact) mass is 253 g/mol. The van der Waals surface area contributed by atoms with Crippen LogP contribution in [0.4, 0.5) is 0 Å². The predicted molar refractivity (Wildman–Crippen MR) is 81.9 cm³/mol. The highest BCUT2D eigenvalue weighted by Crippen LogP contribution is 2.54. The van der Waals surface area contributed by atoms with E-state index < -0.39 is 0 Å². The van der Waals surface area contributed by atoms with Crippen LogP contribution < -0.4 is 5.32 Å². The standard InChI is InChI=1S/C17H35N/c1-14(2,3)17(9)11-13(18-15(4,5)6)10-16(7,8)12-17/h13,18H,10-12H2,1-9H3. The van der Waals surface area contributed by atoms with Crippen LogP contribution in [0.5, 0.6) is 0 Å². The molecule has 0 aromatic rings. The molecule has 18 heavy (non-hydrogen) atoms. The van der Waals surface area contributed by atoms with E-state index in [2.05, 4.69) is 67.6 Å². The lowest BCUT2D eigenvalue weighted by atomic mass is 9.53. The molecule has 1 saturated carbocycles. The van der Waals surface area contributed by atoms with Crippen molar-refractivity contribution in [3.05, 3.63) is 0 Å². The molecule has 0 aliphatic heterocycles. The molecule has 0 saturated heterocycles. The molecule has 0 heterocycles. The molecule has 108 valence electrons. The maximum absolute atomic E-state index is 3.84. The van der Waals surface area contributed by atoms with E-state index in [1.54, 1.807) is 0 Å². The fourth-order valence-corrected chi connectivity index (χ4v) is 3.77. The van der Waals surface area contributed by atoms with Gasteiger partial charge in [-0.1, -0.05) is 41.5 Å². The fraction of sp³-hybridized carbons (Fsp3) is 1.00. The largest absolute Gasteiger partial charge is 0.309 e. The van der Waals surface area contributed by atoms with Crippen LogP contribution in [0.1, 0.15) is 81.6 Å². The second-order valence-corrected chi connectivity index (χ2v) is 9.65. The third-order valence-corrected chi connectivity index (χ3v) is 4.81. The first-order valence-electron chi connectivity index (χ1n) is 7.52. The summed E-state index contributed by atoms with van der Waals surface area (Å²) in [5.74, 6) is 0. The van der Waals surface area contributed by atoms with Crippen LogP contribution in [0.2, 0.25) is 0 Å². The van der Waals surface area contributed by atoms with Gasteiger partial charge in [-0.2, -0.15) is 0 Å². The van der Waals surface area contributed by atoms with Crippen molar-refractivity contribution in [2.45, 2.75) is 93.2 Å². The van der Waals surface area contributed by atoms with Crippen molar-refractivity contribution in [3.8, 4) is 0 Å². The molecular formula is C17H35N. The summed E-state index contributed by atoms with van der Waals surface area (Å²) in [4.78, 5) is 0. The Bertz CT molecular complexity index is 288. The van der Waals surface area contributed by atoms with Crippen molar-refractivity contribution in [2.24, 2.45) is 16.2 Å². The van der Waals surface area contributed by atoms with E-state index in [-0.39, 0.29) is 5.54 Å². The van der Waals surface area contributed by atoms with Crippen molar-refractivity contribution in [1.82, 2.24) is 5.32 Å². The number of hydrogen-bond donors (Lipinski definition) is 1. The Balaban J connectivity index is 2.92. The van der Waals surface area contributed by atoms with Crippen LogP contribution in [-0.4, -0.2) is 11.6 Å². The molecule has 0 radical (unpaired) electrons. The normalized spacial score (nSPS) is 33.5. The maximum Gasteiger partial charge on any atom is 0.00991 e. The van der Waals surface area contributed by atoms with E-state index in [1.807, 2.05) is 0 Å². The fourth-order valence-electron chi connectivity index (χ4n) is 3.77. The van der Waals surface area contributed by atoms with Crippen LogP contribution in [0, 0.1) is 16.2 Å². The summed E-state index contributed by atoms with van der Waals surface area (Å²) in [6.45, 7) is 21.4. The maximum atomic E-state index is 3.84. The summed E-state index contributed by atoms with van der Waals surface area (Å²) in [7, 11) is 0. The van der Waals surface area contributed by atoms with Gasteiger partial charge in [0.2, 0.25) is 0 Å². The Labute approximate surface area is 115 Å². The van der Waals surface area contributed by atoms with Crippen LogP contribution in [0.15, 0.2) is 0 Å². The minimum Gasteiger partial charge on any atom is -0.309 e. The summed E-state index contributed by atoms with van der Waals surface area (Å²) in [6.07, 6.45) is 3.94. The predicted octanol–water partition coefficient (Wildman–Crippen LogP) is 5.01. The number of hydrogen-bond acceptors (Lipinski definition) is 1. The summed E-state index contributed by atoms with van der Waals surface area (Å²) < 4.78 is 0. The average Bonchev–Trinajstić information content (AvgIpc) is 1.92. The van der Waals surface area contributed by atoms with Crippen molar-refractivity contribution in [2.75, 3.05) is 0 Å². The van der Waals surface area contributed by atoms with Gasteiger partial charge in [0.15, 0.2) is 0 Å². The molecule has 1 heteroatoms. The Hall–Kier alpha value is -0.0400. The van der Waals surface area contributed by atoms with Gasteiger partial charge in [-0.15, -0.1) is 0 Å². The third kappa shape index (κ3) is 3.98. The second-order valence-electron chi connectivity index (χ2n) is 9.65. The van der Waals surface area contributed by atoms with E-state index >= 15 is 0 Å². The zero-order valence-corrected chi connectivity index (χ0v) is 14.2. The van der Waals surface area contributed by atoms with Crippen molar-refractivity contribution in [1.29, 1.82) is 0 Å². The molecule has 0 amide bonds. The zero-order chi connectivity index (χ0) is 14.4. The Morgan fingerprint density at radius 2 is 1.39 bits per heavy atom. The Morgan fingerprint density at radius 1 is 0.889 bits per heavy atom. The van der Waals surface area contributed by atoms with Gasteiger partial charge in [0.1, 0.15) is 0 Å².